The lowest BCUT2D eigenvalue weighted by Gasteiger charge is -2.31. The Bertz CT molecular complexity index is 1920. The Kier molecular flexibility index (Phi) is 8.03. The smallest absolute Gasteiger partial charge is 0.337 e. The number of aryl methyl sites for hydroxylation is 1. The summed E-state index contributed by atoms with van der Waals surface area (Å²) in [6.07, 6.45) is 1.93. The molecule has 3 aromatic heterocycles. The Balaban J connectivity index is 1.50. The van der Waals surface area contributed by atoms with Crippen molar-refractivity contribution in [1.82, 2.24) is 38.3 Å². The van der Waals surface area contributed by atoms with E-state index < -0.39 is 10.0 Å². The number of benzene rings is 2. The average Bonchev–Trinajstić information content (AvgIpc) is 3.64. The third kappa shape index (κ3) is 5.43. The Morgan fingerprint density at radius 3 is 2.44 bits per heavy atom. The first-order valence-electron chi connectivity index (χ1n) is 14.7. The molecule has 1 saturated heterocycles. The minimum atomic E-state index is -3.74. The van der Waals surface area contributed by atoms with Crippen molar-refractivity contribution in [2.24, 2.45) is 0 Å². The van der Waals surface area contributed by atoms with E-state index >= 15 is 0 Å². The quantitative estimate of drug-likeness (QED) is 0.257. The molecule has 0 radical (unpaired) electrons. The summed E-state index contributed by atoms with van der Waals surface area (Å²) in [6.45, 7) is 7.08. The molecule has 226 valence electrons. The fraction of sp³-hybridized carbons (Fsp3) is 0.400. The van der Waals surface area contributed by atoms with Crippen LogP contribution in [-0.2, 0) is 23.0 Å². The number of ether oxygens (including phenoxy) is 1. The fourth-order valence-electron chi connectivity index (χ4n) is 5.42. The Morgan fingerprint density at radius 2 is 1.72 bits per heavy atom. The number of sulfonamides is 1. The van der Waals surface area contributed by atoms with E-state index in [2.05, 4.69) is 20.1 Å². The van der Waals surface area contributed by atoms with Gasteiger partial charge in [-0.25, -0.2) is 22.6 Å². The van der Waals surface area contributed by atoms with Crippen molar-refractivity contribution < 1.29 is 13.2 Å². The van der Waals surface area contributed by atoms with Gasteiger partial charge < -0.3 is 14.6 Å². The summed E-state index contributed by atoms with van der Waals surface area (Å²) >= 11 is 0. The third-order valence-corrected chi connectivity index (χ3v) is 9.63. The van der Waals surface area contributed by atoms with E-state index in [-0.39, 0.29) is 10.6 Å². The van der Waals surface area contributed by atoms with E-state index in [1.807, 2.05) is 51.2 Å². The second-order valence-corrected chi connectivity index (χ2v) is 12.8. The average molecular weight is 605 g/mol. The number of hydrogen-bond donors (Lipinski definition) is 1. The molecule has 0 bridgehead atoms. The number of rotatable bonds is 10. The molecule has 5 aromatic rings. The number of fused-ring (bicyclic) bond motifs is 3. The van der Waals surface area contributed by atoms with Gasteiger partial charge in [-0.15, -0.1) is 10.2 Å². The van der Waals surface area contributed by atoms with Crippen LogP contribution in [0, 0.1) is 0 Å². The van der Waals surface area contributed by atoms with Gasteiger partial charge >= 0.3 is 5.69 Å². The highest BCUT2D eigenvalue weighted by Gasteiger charge is 2.29. The van der Waals surface area contributed by atoms with E-state index in [1.54, 1.807) is 22.8 Å². The van der Waals surface area contributed by atoms with E-state index in [1.165, 1.54) is 8.71 Å². The zero-order valence-corrected chi connectivity index (χ0v) is 25.5. The summed E-state index contributed by atoms with van der Waals surface area (Å²) in [5.74, 6) is 1.42. The van der Waals surface area contributed by atoms with Crippen LogP contribution in [0.2, 0.25) is 0 Å². The first-order chi connectivity index (χ1) is 20.8. The lowest BCUT2D eigenvalue weighted by atomic mass is 10.1. The molecule has 1 N–H and O–H groups in total. The maximum Gasteiger partial charge on any atom is 0.337 e. The van der Waals surface area contributed by atoms with Gasteiger partial charge in [0, 0.05) is 39.1 Å². The van der Waals surface area contributed by atoms with Gasteiger partial charge in [-0.05, 0) is 43.7 Å². The van der Waals surface area contributed by atoms with Gasteiger partial charge in [0.15, 0.2) is 11.3 Å². The molecule has 0 atom stereocenters. The molecule has 43 heavy (non-hydrogen) atoms. The molecule has 4 heterocycles. The van der Waals surface area contributed by atoms with Gasteiger partial charge in [0.05, 0.1) is 17.1 Å². The minimum Gasteiger partial charge on any atom is -0.493 e. The molecule has 1 aliphatic heterocycles. The van der Waals surface area contributed by atoms with Gasteiger partial charge in [-0.3, -0.25) is 4.57 Å². The highest BCUT2D eigenvalue weighted by atomic mass is 32.2. The molecule has 0 unspecified atom stereocenters. The van der Waals surface area contributed by atoms with Crippen molar-refractivity contribution in [3.63, 3.8) is 0 Å². The lowest BCUT2D eigenvalue weighted by Crippen LogP contribution is -2.47. The summed E-state index contributed by atoms with van der Waals surface area (Å²) in [5.41, 5.74) is 2.59. The summed E-state index contributed by atoms with van der Waals surface area (Å²) in [5, 5.41) is 8.78. The number of likely N-dealkylation sites (N-methyl/N-ethyl adjacent to an activating group) is 1. The predicted molar refractivity (Wildman–Crippen MR) is 164 cm³/mol. The number of imidazole rings is 1. The van der Waals surface area contributed by atoms with E-state index in [9.17, 15) is 13.2 Å². The number of nitrogens with one attached hydrogen (secondary N) is 1. The zero-order chi connectivity index (χ0) is 30.1. The third-order valence-electron chi connectivity index (χ3n) is 7.74. The molecule has 0 amide bonds. The van der Waals surface area contributed by atoms with Crippen LogP contribution in [0.25, 0.3) is 28.2 Å². The van der Waals surface area contributed by atoms with Gasteiger partial charge in [-0.2, -0.15) is 4.31 Å². The van der Waals surface area contributed by atoms with E-state index in [4.69, 9.17) is 9.72 Å². The molecule has 12 nitrogen and oxygen atoms in total. The molecule has 2 aromatic carbocycles. The van der Waals surface area contributed by atoms with Crippen molar-refractivity contribution in [2.75, 3.05) is 39.8 Å². The summed E-state index contributed by atoms with van der Waals surface area (Å²) in [4.78, 5) is 24.3. The van der Waals surface area contributed by atoms with Crippen LogP contribution in [0.4, 0.5) is 0 Å². The monoisotopic (exact) mass is 604 g/mol. The van der Waals surface area contributed by atoms with Crippen LogP contribution < -0.4 is 10.4 Å². The SMILES string of the molecule is CCCOc1ccc(S(=O)(=O)N2CCN(C)CC2)cc1-c1nc2c([nH]1)c1nnc(Cc3ccccc3)n1c(=O)n2CCC. The Hall–Kier alpha value is -4.07. The first-order valence-corrected chi connectivity index (χ1v) is 16.1. The van der Waals surface area contributed by atoms with E-state index in [0.29, 0.717) is 91.9 Å². The molecule has 0 saturated carbocycles. The van der Waals surface area contributed by atoms with Gasteiger partial charge in [0.2, 0.25) is 10.0 Å². The molecule has 1 fully saturated rings. The summed E-state index contributed by atoms with van der Waals surface area (Å²) in [6, 6.07) is 14.7. The summed E-state index contributed by atoms with van der Waals surface area (Å²) < 4.78 is 38.0. The Labute approximate surface area is 250 Å². The van der Waals surface area contributed by atoms with Crippen molar-refractivity contribution >= 4 is 26.8 Å². The van der Waals surface area contributed by atoms with E-state index in [0.717, 1.165) is 12.0 Å². The number of piperazine rings is 1. The number of aromatic amines is 1. The second-order valence-electron chi connectivity index (χ2n) is 10.9. The zero-order valence-electron chi connectivity index (χ0n) is 24.7. The molecule has 13 heteroatoms. The van der Waals surface area contributed by atoms with Crippen LogP contribution in [-0.4, -0.2) is 86.6 Å². The standard InChI is InChI=1S/C30H36N8O4S/c1-4-13-37-28-26(29-34-33-25(38(29)30(37)39)19-21-9-7-6-8-10-21)31-27(32-28)23-20-22(11-12-24(23)42-18-5-2)43(40,41)36-16-14-35(3)15-17-36/h6-12,20H,4-5,13-19H2,1-3H3,(H,31,32). The van der Waals surface area contributed by atoms with Crippen molar-refractivity contribution in [2.45, 2.75) is 44.6 Å². The molecular formula is C30H36N8O4S. The van der Waals surface area contributed by atoms with Crippen LogP contribution in [0.3, 0.4) is 0 Å². The van der Waals surface area contributed by atoms with Crippen LogP contribution in [0.5, 0.6) is 5.75 Å². The predicted octanol–water partition coefficient (Wildman–Crippen LogP) is 3.16. The van der Waals surface area contributed by atoms with Gasteiger partial charge in [-0.1, -0.05) is 44.2 Å². The largest absolute Gasteiger partial charge is 0.493 e. The van der Waals surface area contributed by atoms with Crippen LogP contribution >= 0.6 is 0 Å². The molecule has 1 aliphatic rings. The van der Waals surface area contributed by atoms with Gasteiger partial charge in [0.1, 0.15) is 22.9 Å². The molecule has 0 spiro atoms. The minimum absolute atomic E-state index is 0.167. The number of H-pyrrole nitrogens is 1. The normalized spacial score (nSPS) is 15.0. The van der Waals surface area contributed by atoms with Crippen molar-refractivity contribution in [1.29, 1.82) is 0 Å². The fourth-order valence-corrected chi connectivity index (χ4v) is 6.87. The van der Waals surface area contributed by atoms with Gasteiger partial charge in [0.25, 0.3) is 0 Å². The highest BCUT2D eigenvalue weighted by Crippen LogP contribution is 2.34. The first kappa shape index (κ1) is 29.0. The summed E-state index contributed by atoms with van der Waals surface area (Å²) in [7, 11) is -1.76. The lowest BCUT2D eigenvalue weighted by molar-refractivity contribution is 0.222. The topological polar surface area (TPSA) is 131 Å². The second kappa shape index (κ2) is 11.9. The number of nitrogens with zero attached hydrogens (tertiary/aromatic N) is 7. The van der Waals surface area contributed by atoms with Crippen molar-refractivity contribution in [3.8, 4) is 17.1 Å². The Morgan fingerprint density at radius 1 is 0.953 bits per heavy atom. The van der Waals surface area contributed by atoms with Crippen LogP contribution in [0.1, 0.15) is 38.1 Å². The number of hydrogen-bond acceptors (Lipinski definition) is 8. The maximum absolute atomic E-state index is 13.8. The molecule has 0 aliphatic carbocycles. The van der Waals surface area contributed by atoms with Crippen molar-refractivity contribution in [3.05, 3.63) is 70.4 Å². The number of aromatic nitrogens is 6. The maximum atomic E-state index is 13.8. The molecule has 6 rings (SSSR count). The molecular weight excluding hydrogens is 568 g/mol. The highest BCUT2D eigenvalue weighted by molar-refractivity contribution is 7.89. The van der Waals surface area contributed by atoms with Crippen LogP contribution in [0.15, 0.2) is 58.2 Å².